The normalized spacial score (nSPS) is 14.5. The number of unbranched alkanes of at least 4 members (excludes halogenated alkanes) is 1. The van der Waals surface area contributed by atoms with Gasteiger partial charge >= 0.3 is 0 Å². The van der Waals surface area contributed by atoms with E-state index >= 15 is 0 Å². The van der Waals surface area contributed by atoms with Crippen LogP contribution in [-0.2, 0) is 20.6 Å². The van der Waals surface area contributed by atoms with Gasteiger partial charge in [0, 0.05) is 6.42 Å². The molecule has 0 N–H and O–H groups in total. The molecule has 0 saturated heterocycles. The average molecular weight is 409 g/mol. The summed E-state index contributed by atoms with van der Waals surface area (Å²) in [7, 11) is -0.284. The molecule has 0 aliphatic carbocycles. The summed E-state index contributed by atoms with van der Waals surface area (Å²) in [6.45, 7) is 14.0. The third-order valence-electron chi connectivity index (χ3n) is 5.70. The van der Waals surface area contributed by atoms with Crippen molar-refractivity contribution < 1.29 is 18.7 Å². The minimum Gasteiger partial charge on any atom is -0.497 e. The van der Waals surface area contributed by atoms with E-state index in [1.807, 2.05) is 24.3 Å². The second kappa shape index (κ2) is 11.7. The van der Waals surface area contributed by atoms with Crippen LogP contribution in [0.2, 0.25) is 18.1 Å². The van der Waals surface area contributed by atoms with E-state index in [0.29, 0.717) is 19.4 Å². The molecule has 4 nitrogen and oxygen atoms in total. The van der Waals surface area contributed by atoms with Crippen LogP contribution in [0.25, 0.3) is 0 Å². The minimum atomic E-state index is -1.95. The van der Waals surface area contributed by atoms with Gasteiger partial charge in [0.15, 0.2) is 8.32 Å². The van der Waals surface area contributed by atoms with Gasteiger partial charge in [-0.15, -0.1) is 0 Å². The molecule has 0 bridgehead atoms. The standard InChI is InChI=1S/C23H40O4Si/c1-8-9-11-21(26-18-19-13-15-20(25-5)16-14-19)22(12-10-17-24)27-28(6,7)23(2,3)4/h13-17,21-22H,8-12,18H2,1-7H3/t21-,22-/m1/s1. The Hall–Kier alpha value is -1.17. The van der Waals surface area contributed by atoms with Crippen molar-refractivity contribution in [2.45, 2.75) is 96.7 Å². The topological polar surface area (TPSA) is 44.8 Å². The molecule has 0 aliphatic rings. The van der Waals surface area contributed by atoms with Crippen LogP contribution in [0, 0.1) is 0 Å². The maximum absolute atomic E-state index is 11.1. The molecular formula is C23H40O4Si. The Labute approximate surface area is 173 Å². The summed E-state index contributed by atoms with van der Waals surface area (Å²) in [5.74, 6) is 0.844. The van der Waals surface area contributed by atoms with E-state index in [-0.39, 0.29) is 17.2 Å². The highest BCUT2D eigenvalue weighted by molar-refractivity contribution is 6.74. The zero-order valence-corrected chi connectivity index (χ0v) is 19.9. The van der Waals surface area contributed by atoms with Gasteiger partial charge in [0.05, 0.1) is 25.9 Å². The third-order valence-corrected chi connectivity index (χ3v) is 10.2. The fourth-order valence-corrected chi connectivity index (χ4v) is 4.20. The monoisotopic (exact) mass is 408 g/mol. The minimum absolute atomic E-state index is 0.00359. The highest BCUT2D eigenvalue weighted by Gasteiger charge is 2.40. The molecular weight excluding hydrogens is 368 g/mol. The van der Waals surface area contributed by atoms with E-state index < -0.39 is 8.32 Å². The number of hydrogen-bond acceptors (Lipinski definition) is 4. The number of aldehydes is 1. The largest absolute Gasteiger partial charge is 0.497 e. The molecule has 1 aromatic rings. The van der Waals surface area contributed by atoms with Crippen molar-refractivity contribution in [2.24, 2.45) is 0 Å². The number of methoxy groups -OCH3 is 1. The van der Waals surface area contributed by atoms with E-state index in [2.05, 4.69) is 40.8 Å². The summed E-state index contributed by atoms with van der Waals surface area (Å²) >= 11 is 0. The first-order valence-electron chi connectivity index (χ1n) is 10.5. The quantitative estimate of drug-likeness (QED) is 0.290. The van der Waals surface area contributed by atoms with Gasteiger partial charge in [0.2, 0.25) is 0 Å². The fraction of sp³-hybridized carbons (Fsp3) is 0.696. The number of ether oxygens (including phenoxy) is 2. The first-order valence-corrected chi connectivity index (χ1v) is 13.4. The molecule has 0 spiro atoms. The lowest BCUT2D eigenvalue weighted by molar-refractivity contribution is -0.109. The summed E-state index contributed by atoms with van der Waals surface area (Å²) in [5.41, 5.74) is 1.11. The van der Waals surface area contributed by atoms with Gasteiger partial charge < -0.3 is 18.7 Å². The van der Waals surface area contributed by atoms with Crippen LogP contribution in [0.5, 0.6) is 5.75 Å². The van der Waals surface area contributed by atoms with E-state index in [0.717, 1.165) is 36.9 Å². The molecule has 160 valence electrons. The van der Waals surface area contributed by atoms with Crippen molar-refractivity contribution in [2.75, 3.05) is 7.11 Å². The van der Waals surface area contributed by atoms with E-state index in [1.54, 1.807) is 7.11 Å². The molecule has 0 saturated carbocycles. The SMILES string of the molecule is CCCC[C@@H](OCc1ccc(OC)cc1)[C@@H](CCC=O)O[Si](C)(C)C(C)(C)C. The summed E-state index contributed by atoms with van der Waals surface area (Å²) < 4.78 is 18.3. The predicted octanol–water partition coefficient (Wildman–Crippen LogP) is 6.14. The van der Waals surface area contributed by atoms with Gasteiger partial charge in [-0.25, -0.2) is 0 Å². The summed E-state index contributed by atoms with van der Waals surface area (Å²) in [6, 6.07) is 7.97. The van der Waals surface area contributed by atoms with Crippen LogP contribution in [0.1, 0.15) is 65.4 Å². The third kappa shape index (κ3) is 8.06. The molecule has 0 fully saturated rings. The highest BCUT2D eigenvalue weighted by atomic mass is 28.4. The van der Waals surface area contributed by atoms with Crippen LogP contribution < -0.4 is 4.74 Å². The molecule has 0 amide bonds. The van der Waals surface area contributed by atoms with Gasteiger partial charge in [-0.1, -0.05) is 52.7 Å². The lowest BCUT2D eigenvalue weighted by atomic mass is 10.0. The second-order valence-electron chi connectivity index (χ2n) is 9.00. The molecule has 5 heteroatoms. The number of rotatable bonds is 13. The van der Waals surface area contributed by atoms with Gasteiger partial charge in [0.25, 0.3) is 0 Å². The smallest absolute Gasteiger partial charge is 0.192 e. The van der Waals surface area contributed by atoms with Crippen molar-refractivity contribution in [3.63, 3.8) is 0 Å². The number of carbonyl (C=O) groups is 1. The number of benzene rings is 1. The molecule has 0 radical (unpaired) electrons. The molecule has 0 heterocycles. The molecule has 0 aromatic heterocycles. The Morgan fingerprint density at radius 1 is 1.07 bits per heavy atom. The van der Waals surface area contributed by atoms with Gasteiger partial charge in [-0.3, -0.25) is 0 Å². The summed E-state index contributed by atoms with van der Waals surface area (Å²) in [4.78, 5) is 11.1. The molecule has 28 heavy (non-hydrogen) atoms. The lowest BCUT2D eigenvalue weighted by Crippen LogP contribution is -2.47. The van der Waals surface area contributed by atoms with Crippen molar-refractivity contribution in [1.82, 2.24) is 0 Å². The Kier molecular flexibility index (Phi) is 10.4. The molecule has 0 aliphatic heterocycles. The van der Waals surface area contributed by atoms with Gasteiger partial charge in [-0.2, -0.15) is 0 Å². The molecule has 2 atom stereocenters. The van der Waals surface area contributed by atoms with E-state index in [1.165, 1.54) is 0 Å². The Bertz CT molecular complexity index is 563. The van der Waals surface area contributed by atoms with Crippen LogP contribution in [-0.4, -0.2) is 33.9 Å². The van der Waals surface area contributed by atoms with Crippen LogP contribution in [0.4, 0.5) is 0 Å². The van der Waals surface area contributed by atoms with Crippen molar-refractivity contribution >= 4 is 14.6 Å². The zero-order valence-electron chi connectivity index (χ0n) is 18.9. The Balaban J connectivity index is 2.92. The zero-order chi connectivity index (χ0) is 21.2. The Morgan fingerprint density at radius 2 is 1.71 bits per heavy atom. The van der Waals surface area contributed by atoms with Crippen molar-refractivity contribution in [3.8, 4) is 5.75 Å². The van der Waals surface area contributed by atoms with Crippen molar-refractivity contribution in [3.05, 3.63) is 29.8 Å². The maximum Gasteiger partial charge on any atom is 0.192 e. The van der Waals surface area contributed by atoms with Crippen LogP contribution >= 0.6 is 0 Å². The predicted molar refractivity (Wildman–Crippen MR) is 118 cm³/mol. The lowest BCUT2D eigenvalue weighted by Gasteiger charge is -2.41. The highest BCUT2D eigenvalue weighted by Crippen LogP contribution is 2.38. The van der Waals surface area contributed by atoms with Crippen LogP contribution in [0.3, 0.4) is 0 Å². The first kappa shape index (κ1) is 24.9. The van der Waals surface area contributed by atoms with Gasteiger partial charge in [-0.05, 0) is 48.7 Å². The van der Waals surface area contributed by atoms with E-state index in [9.17, 15) is 4.79 Å². The van der Waals surface area contributed by atoms with Gasteiger partial charge in [0.1, 0.15) is 12.0 Å². The molecule has 1 aromatic carbocycles. The van der Waals surface area contributed by atoms with Crippen LogP contribution in [0.15, 0.2) is 24.3 Å². The fourth-order valence-electron chi connectivity index (χ4n) is 2.82. The molecule has 1 rings (SSSR count). The van der Waals surface area contributed by atoms with E-state index in [4.69, 9.17) is 13.9 Å². The summed E-state index contributed by atoms with van der Waals surface area (Å²) in [5, 5.41) is 0.123. The summed E-state index contributed by atoms with van der Waals surface area (Å²) in [6.07, 6.45) is 5.31. The number of carbonyl (C=O) groups excluding carboxylic acids is 1. The molecule has 0 unspecified atom stereocenters. The average Bonchev–Trinajstić information content (AvgIpc) is 2.65. The maximum atomic E-state index is 11.1. The first-order chi connectivity index (χ1) is 13.1. The Morgan fingerprint density at radius 3 is 2.21 bits per heavy atom. The second-order valence-corrected chi connectivity index (χ2v) is 13.8. The van der Waals surface area contributed by atoms with Crippen molar-refractivity contribution in [1.29, 1.82) is 0 Å². The number of hydrogen-bond donors (Lipinski definition) is 0.